The second-order valence-electron chi connectivity index (χ2n) is 3.84. The molecular weight excluding hydrogens is 190 g/mol. The van der Waals surface area contributed by atoms with Crippen molar-refractivity contribution >= 4 is 0 Å². The van der Waals surface area contributed by atoms with Crippen LogP contribution in [0.3, 0.4) is 0 Å². The second kappa shape index (κ2) is 4.57. The molecule has 15 heavy (non-hydrogen) atoms. The van der Waals surface area contributed by atoms with Gasteiger partial charge in [-0.05, 0) is 19.4 Å². The molecule has 0 spiro atoms. The van der Waals surface area contributed by atoms with Crippen molar-refractivity contribution in [2.45, 2.75) is 32.2 Å². The summed E-state index contributed by atoms with van der Waals surface area (Å²) in [6.45, 7) is 7.80. The van der Waals surface area contributed by atoms with Crippen LogP contribution in [0.15, 0.2) is 17.2 Å². The predicted octanol–water partition coefficient (Wildman–Crippen LogP) is 1.95. The van der Waals surface area contributed by atoms with Crippen molar-refractivity contribution in [3.63, 3.8) is 0 Å². The summed E-state index contributed by atoms with van der Waals surface area (Å²) in [5, 5.41) is 4.04. The van der Waals surface area contributed by atoms with Crippen LogP contribution in [-0.2, 0) is 6.42 Å². The second-order valence-corrected chi connectivity index (χ2v) is 3.84. The molecule has 0 radical (unpaired) electrons. The Labute approximate surface area is 90.0 Å². The molecule has 1 aliphatic rings. The molecule has 0 aromatic carbocycles. The maximum atomic E-state index is 5.14. The molecule has 1 aromatic heterocycles. The maximum Gasteiger partial charge on any atom is 0.226 e. The van der Waals surface area contributed by atoms with Gasteiger partial charge in [0.2, 0.25) is 5.89 Å². The SMILES string of the molecule is C=CCN1CCCC1c1noc(CC)n1. The van der Waals surface area contributed by atoms with E-state index in [1.165, 1.54) is 6.42 Å². The molecule has 2 rings (SSSR count). The molecule has 1 fully saturated rings. The molecule has 0 amide bonds. The van der Waals surface area contributed by atoms with Crippen LogP contribution in [0.2, 0.25) is 0 Å². The average Bonchev–Trinajstić information content (AvgIpc) is 2.85. The third-order valence-corrected chi connectivity index (χ3v) is 2.81. The van der Waals surface area contributed by atoms with Gasteiger partial charge in [-0.3, -0.25) is 4.90 Å². The first kappa shape index (κ1) is 10.4. The average molecular weight is 207 g/mol. The maximum absolute atomic E-state index is 5.14. The number of aromatic nitrogens is 2. The van der Waals surface area contributed by atoms with E-state index in [2.05, 4.69) is 21.6 Å². The van der Waals surface area contributed by atoms with Gasteiger partial charge in [0.1, 0.15) is 0 Å². The third kappa shape index (κ3) is 2.09. The normalized spacial score (nSPS) is 22.1. The van der Waals surface area contributed by atoms with E-state index < -0.39 is 0 Å². The molecule has 1 unspecified atom stereocenters. The van der Waals surface area contributed by atoms with Crippen molar-refractivity contribution in [1.82, 2.24) is 15.0 Å². The van der Waals surface area contributed by atoms with E-state index in [1.807, 2.05) is 13.0 Å². The van der Waals surface area contributed by atoms with E-state index in [4.69, 9.17) is 4.52 Å². The van der Waals surface area contributed by atoms with Gasteiger partial charge in [-0.15, -0.1) is 6.58 Å². The zero-order valence-corrected chi connectivity index (χ0v) is 9.15. The van der Waals surface area contributed by atoms with Crippen LogP contribution in [0.1, 0.15) is 37.5 Å². The summed E-state index contributed by atoms with van der Waals surface area (Å²) >= 11 is 0. The van der Waals surface area contributed by atoms with Crippen molar-refractivity contribution in [3.05, 3.63) is 24.4 Å². The Morgan fingerprint density at radius 1 is 1.67 bits per heavy atom. The van der Waals surface area contributed by atoms with Crippen molar-refractivity contribution < 1.29 is 4.52 Å². The van der Waals surface area contributed by atoms with Crippen molar-refractivity contribution in [2.75, 3.05) is 13.1 Å². The largest absolute Gasteiger partial charge is 0.339 e. The highest BCUT2D eigenvalue weighted by atomic mass is 16.5. The standard InChI is InChI=1S/C11H17N3O/c1-3-7-14-8-5-6-9(14)11-12-10(4-2)15-13-11/h3,9H,1,4-8H2,2H3. The molecule has 0 saturated carbocycles. The molecule has 4 heteroatoms. The number of aryl methyl sites for hydroxylation is 1. The van der Waals surface area contributed by atoms with Gasteiger partial charge in [0.15, 0.2) is 5.82 Å². The first-order valence-corrected chi connectivity index (χ1v) is 5.52. The van der Waals surface area contributed by atoms with Gasteiger partial charge < -0.3 is 4.52 Å². The molecule has 4 nitrogen and oxygen atoms in total. The number of hydrogen-bond donors (Lipinski definition) is 0. The lowest BCUT2D eigenvalue weighted by atomic mass is 10.2. The lowest BCUT2D eigenvalue weighted by Crippen LogP contribution is -2.23. The summed E-state index contributed by atoms with van der Waals surface area (Å²) in [4.78, 5) is 6.73. The lowest BCUT2D eigenvalue weighted by Gasteiger charge is -2.19. The van der Waals surface area contributed by atoms with Crippen LogP contribution >= 0.6 is 0 Å². The Bertz CT molecular complexity index is 334. The number of nitrogens with zero attached hydrogens (tertiary/aromatic N) is 3. The summed E-state index contributed by atoms with van der Waals surface area (Å²) in [7, 11) is 0. The molecule has 1 aromatic rings. The lowest BCUT2D eigenvalue weighted by molar-refractivity contribution is 0.266. The van der Waals surface area contributed by atoms with E-state index in [9.17, 15) is 0 Å². The predicted molar refractivity (Wildman–Crippen MR) is 57.4 cm³/mol. The summed E-state index contributed by atoms with van der Waals surface area (Å²) in [5.41, 5.74) is 0. The third-order valence-electron chi connectivity index (χ3n) is 2.81. The summed E-state index contributed by atoms with van der Waals surface area (Å²) in [6, 6.07) is 0.326. The molecule has 1 atom stereocenters. The van der Waals surface area contributed by atoms with Crippen molar-refractivity contribution in [3.8, 4) is 0 Å². The Kier molecular flexibility index (Phi) is 3.16. The zero-order valence-electron chi connectivity index (χ0n) is 9.15. The highest BCUT2D eigenvalue weighted by Gasteiger charge is 2.28. The summed E-state index contributed by atoms with van der Waals surface area (Å²) in [6.07, 6.45) is 5.06. The molecule has 0 aliphatic carbocycles. The van der Waals surface area contributed by atoms with Crippen LogP contribution in [0.25, 0.3) is 0 Å². The number of likely N-dealkylation sites (tertiary alicyclic amines) is 1. The van der Waals surface area contributed by atoms with Gasteiger partial charge in [-0.2, -0.15) is 4.98 Å². The fraction of sp³-hybridized carbons (Fsp3) is 0.636. The van der Waals surface area contributed by atoms with Gasteiger partial charge in [0.05, 0.1) is 6.04 Å². The van der Waals surface area contributed by atoms with Crippen LogP contribution in [-0.4, -0.2) is 28.1 Å². The Balaban J connectivity index is 2.11. The molecule has 1 aliphatic heterocycles. The van der Waals surface area contributed by atoms with Gasteiger partial charge in [0.25, 0.3) is 0 Å². The minimum Gasteiger partial charge on any atom is -0.339 e. The van der Waals surface area contributed by atoms with Gasteiger partial charge >= 0.3 is 0 Å². The Morgan fingerprint density at radius 3 is 3.20 bits per heavy atom. The van der Waals surface area contributed by atoms with E-state index >= 15 is 0 Å². The molecule has 2 heterocycles. The first-order valence-electron chi connectivity index (χ1n) is 5.52. The van der Waals surface area contributed by atoms with Crippen LogP contribution in [0.4, 0.5) is 0 Å². The smallest absolute Gasteiger partial charge is 0.226 e. The van der Waals surface area contributed by atoms with Gasteiger partial charge in [0, 0.05) is 13.0 Å². The van der Waals surface area contributed by atoms with Crippen LogP contribution in [0, 0.1) is 0 Å². The van der Waals surface area contributed by atoms with Gasteiger partial charge in [-0.25, -0.2) is 0 Å². The van der Waals surface area contributed by atoms with Crippen LogP contribution < -0.4 is 0 Å². The summed E-state index contributed by atoms with van der Waals surface area (Å²) in [5.74, 6) is 1.57. The molecule has 0 N–H and O–H groups in total. The highest BCUT2D eigenvalue weighted by Crippen LogP contribution is 2.29. The zero-order chi connectivity index (χ0) is 10.7. The van der Waals surface area contributed by atoms with E-state index in [0.717, 1.165) is 37.6 Å². The number of rotatable bonds is 4. The van der Waals surface area contributed by atoms with E-state index in [-0.39, 0.29) is 0 Å². The topological polar surface area (TPSA) is 42.2 Å². The summed E-state index contributed by atoms with van der Waals surface area (Å²) < 4.78 is 5.14. The number of hydrogen-bond acceptors (Lipinski definition) is 4. The van der Waals surface area contributed by atoms with E-state index in [0.29, 0.717) is 6.04 Å². The van der Waals surface area contributed by atoms with E-state index in [1.54, 1.807) is 0 Å². The molecule has 1 saturated heterocycles. The minimum atomic E-state index is 0.326. The quantitative estimate of drug-likeness (QED) is 0.708. The van der Waals surface area contributed by atoms with Crippen molar-refractivity contribution in [1.29, 1.82) is 0 Å². The molecular formula is C11H17N3O. The van der Waals surface area contributed by atoms with Crippen molar-refractivity contribution in [2.24, 2.45) is 0 Å². The van der Waals surface area contributed by atoms with Crippen LogP contribution in [0.5, 0.6) is 0 Å². The Morgan fingerprint density at radius 2 is 2.53 bits per heavy atom. The fourth-order valence-corrected chi connectivity index (χ4v) is 2.05. The highest BCUT2D eigenvalue weighted by molar-refractivity contribution is 4.99. The monoisotopic (exact) mass is 207 g/mol. The Hall–Kier alpha value is -1.16. The molecule has 0 bridgehead atoms. The first-order chi connectivity index (χ1) is 7.35. The molecule has 82 valence electrons. The fourth-order valence-electron chi connectivity index (χ4n) is 2.05. The minimum absolute atomic E-state index is 0.326. The van der Waals surface area contributed by atoms with Gasteiger partial charge in [-0.1, -0.05) is 18.2 Å².